The van der Waals surface area contributed by atoms with Gasteiger partial charge in [0.05, 0.1) is 32.1 Å². The van der Waals surface area contributed by atoms with Gasteiger partial charge in [-0.2, -0.15) is 0 Å². The van der Waals surface area contributed by atoms with Crippen LogP contribution in [0, 0.1) is 17.0 Å². The monoisotopic (exact) mass is 324 g/mol. The lowest BCUT2D eigenvalue weighted by Crippen LogP contribution is -2.04. The van der Waals surface area contributed by atoms with E-state index < -0.39 is 15.7 Å². The van der Waals surface area contributed by atoms with Crippen LogP contribution in [0.15, 0.2) is 41.3 Å². The van der Waals surface area contributed by atoms with Gasteiger partial charge in [0.2, 0.25) is 0 Å². The smallest absolute Gasteiger partial charge is 0.275 e. The van der Waals surface area contributed by atoms with E-state index in [1.807, 2.05) is 13.0 Å². The molecule has 0 amide bonds. The van der Waals surface area contributed by atoms with Gasteiger partial charge in [0.15, 0.2) is 0 Å². The number of nitrogens with two attached hydrogens (primary N) is 1. The predicted molar refractivity (Wildman–Crippen MR) is 83.8 cm³/mol. The summed E-state index contributed by atoms with van der Waals surface area (Å²) in [6, 6.07) is 9.56. The van der Waals surface area contributed by atoms with Gasteiger partial charge in [-0.1, -0.05) is 23.7 Å². The molecule has 0 bridgehead atoms. The Hall–Kier alpha value is -1.92. The number of benzene rings is 2. The van der Waals surface area contributed by atoms with Crippen LogP contribution in [0.4, 0.5) is 11.4 Å². The molecular formula is C14H13ClN2O3S. The Kier molecular flexibility index (Phi) is 4.59. The van der Waals surface area contributed by atoms with Crippen molar-refractivity contribution in [1.82, 2.24) is 0 Å². The van der Waals surface area contributed by atoms with Crippen LogP contribution in [0.25, 0.3) is 0 Å². The molecule has 0 radical (unpaired) electrons. The van der Waals surface area contributed by atoms with Gasteiger partial charge in [-0.05, 0) is 30.7 Å². The quantitative estimate of drug-likeness (QED) is 0.530. The third-order valence-electron chi connectivity index (χ3n) is 3.06. The first-order chi connectivity index (χ1) is 9.90. The van der Waals surface area contributed by atoms with Crippen molar-refractivity contribution in [3.05, 3.63) is 62.7 Å². The van der Waals surface area contributed by atoms with Crippen LogP contribution in [0.3, 0.4) is 0 Å². The summed E-state index contributed by atoms with van der Waals surface area (Å²) in [5.41, 5.74) is 7.42. The van der Waals surface area contributed by atoms with E-state index in [2.05, 4.69) is 0 Å². The van der Waals surface area contributed by atoms with Crippen LogP contribution in [0.1, 0.15) is 11.1 Å². The largest absolute Gasteiger partial charge is 0.398 e. The molecule has 2 aromatic rings. The van der Waals surface area contributed by atoms with E-state index in [0.717, 1.165) is 5.56 Å². The lowest BCUT2D eigenvalue weighted by atomic mass is 10.2. The Labute approximate surface area is 129 Å². The van der Waals surface area contributed by atoms with Crippen molar-refractivity contribution < 1.29 is 9.13 Å². The van der Waals surface area contributed by atoms with Gasteiger partial charge in [-0.15, -0.1) is 0 Å². The molecule has 2 aromatic carbocycles. The Morgan fingerprint density at radius 3 is 2.71 bits per heavy atom. The zero-order chi connectivity index (χ0) is 15.6. The van der Waals surface area contributed by atoms with Gasteiger partial charge in [-0.3, -0.25) is 14.3 Å². The highest BCUT2D eigenvalue weighted by Crippen LogP contribution is 2.28. The van der Waals surface area contributed by atoms with Gasteiger partial charge in [0, 0.05) is 16.7 Å². The topological polar surface area (TPSA) is 86.2 Å². The van der Waals surface area contributed by atoms with Gasteiger partial charge >= 0.3 is 0 Å². The number of nitrogen functional groups attached to an aromatic ring is 1. The highest BCUT2D eigenvalue weighted by atomic mass is 35.5. The average Bonchev–Trinajstić information content (AvgIpc) is 2.43. The number of rotatable bonds is 4. The van der Waals surface area contributed by atoms with Gasteiger partial charge < -0.3 is 5.73 Å². The number of nitrogens with zero attached hydrogens (tertiary/aromatic N) is 1. The molecule has 0 aliphatic heterocycles. The second-order valence-electron chi connectivity index (χ2n) is 4.51. The molecule has 1 atom stereocenters. The van der Waals surface area contributed by atoms with Crippen LogP contribution in [-0.2, 0) is 16.6 Å². The molecule has 0 fully saturated rings. The number of nitro benzene ring substituents is 1. The molecule has 0 saturated carbocycles. The van der Waals surface area contributed by atoms with Crippen LogP contribution < -0.4 is 5.73 Å². The minimum atomic E-state index is -1.46. The van der Waals surface area contributed by atoms with Crippen molar-refractivity contribution in [2.45, 2.75) is 17.6 Å². The molecule has 7 heteroatoms. The second kappa shape index (κ2) is 6.24. The molecule has 2 N–H and O–H groups in total. The Morgan fingerprint density at radius 2 is 2.05 bits per heavy atom. The summed E-state index contributed by atoms with van der Waals surface area (Å²) in [6.45, 7) is 1.82. The maximum atomic E-state index is 12.4. The van der Waals surface area contributed by atoms with Crippen molar-refractivity contribution in [3.63, 3.8) is 0 Å². The van der Waals surface area contributed by atoms with Crippen LogP contribution in [0.5, 0.6) is 0 Å². The third kappa shape index (κ3) is 3.40. The van der Waals surface area contributed by atoms with E-state index in [4.69, 9.17) is 17.3 Å². The van der Waals surface area contributed by atoms with E-state index in [9.17, 15) is 14.3 Å². The maximum absolute atomic E-state index is 12.4. The first-order valence-corrected chi connectivity index (χ1v) is 7.76. The highest BCUT2D eigenvalue weighted by molar-refractivity contribution is 7.84. The lowest BCUT2D eigenvalue weighted by Gasteiger charge is -2.08. The minimum Gasteiger partial charge on any atom is -0.398 e. The van der Waals surface area contributed by atoms with Crippen LogP contribution in [-0.4, -0.2) is 9.13 Å². The summed E-state index contributed by atoms with van der Waals surface area (Å²) in [6.07, 6.45) is 0. The van der Waals surface area contributed by atoms with Gasteiger partial charge in [0.25, 0.3) is 5.69 Å². The summed E-state index contributed by atoms with van der Waals surface area (Å²) < 4.78 is 12.4. The number of hydrogen-bond acceptors (Lipinski definition) is 4. The molecule has 0 saturated heterocycles. The molecular weight excluding hydrogens is 312 g/mol. The minimum absolute atomic E-state index is 0.0150. The van der Waals surface area contributed by atoms with Crippen molar-refractivity contribution in [2.75, 3.05) is 5.73 Å². The van der Waals surface area contributed by atoms with Crippen molar-refractivity contribution in [3.8, 4) is 0 Å². The number of anilines is 1. The molecule has 5 nitrogen and oxygen atoms in total. The Bertz CT molecular complexity index is 734. The maximum Gasteiger partial charge on any atom is 0.275 e. The van der Waals surface area contributed by atoms with Crippen molar-refractivity contribution in [1.29, 1.82) is 0 Å². The van der Waals surface area contributed by atoms with Crippen molar-refractivity contribution >= 4 is 33.8 Å². The first kappa shape index (κ1) is 15.5. The number of aryl methyl sites for hydroxylation is 1. The Morgan fingerprint density at radius 1 is 1.33 bits per heavy atom. The molecule has 0 aromatic heterocycles. The van der Waals surface area contributed by atoms with Crippen LogP contribution >= 0.6 is 11.6 Å². The molecule has 110 valence electrons. The third-order valence-corrected chi connectivity index (χ3v) is 4.71. The molecule has 0 spiro atoms. The van der Waals surface area contributed by atoms with E-state index in [1.54, 1.807) is 18.2 Å². The van der Waals surface area contributed by atoms with Crippen molar-refractivity contribution in [2.24, 2.45) is 0 Å². The van der Waals surface area contributed by atoms with E-state index in [0.29, 0.717) is 16.1 Å². The molecule has 21 heavy (non-hydrogen) atoms. The molecule has 1 unspecified atom stereocenters. The number of halogens is 1. The zero-order valence-corrected chi connectivity index (χ0v) is 12.8. The summed E-state index contributed by atoms with van der Waals surface area (Å²) in [5.74, 6) is 0.0150. The second-order valence-corrected chi connectivity index (χ2v) is 6.36. The summed E-state index contributed by atoms with van der Waals surface area (Å²) in [5, 5.41) is 11.3. The number of para-hydroxylation sites is 1. The fraction of sp³-hybridized carbons (Fsp3) is 0.143. The van der Waals surface area contributed by atoms with E-state index >= 15 is 0 Å². The normalized spacial score (nSPS) is 12.1. The van der Waals surface area contributed by atoms with Gasteiger partial charge in [-0.25, -0.2) is 0 Å². The van der Waals surface area contributed by atoms with Gasteiger partial charge in [0.1, 0.15) is 0 Å². The zero-order valence-electron chi connectivity index (χ0n) is 11.2. The molecule has 0 heterocycles. The first-order valence-electron chi connectivity index (χ1n) is 6.06. The SMILES string of the molecule is Cc1cccc(S(=O)Cc2ccc(Cl)cc2[N+](=O)[O-])c1N. The predicted octanol–water partition coefficient (Wildman–Crippen LogP) is 3.45. The molecule has 2 rings (SSSR count). The Balaban J connectivity index is 2.36. The number of hydrogen-bond donors (Lipinski definition) is 1. The van der Waals surface area contributed by atoms with E-state index in [1.165, 1.54) is 12.1 Å². The number of nitro groups is 1. The summed E-state index contributed by atoms with van der Waals surface area (Å²) in [7, 11) is -1.46. The highest BCUT2D eigenvalue weighted by Gasteiger charge is 2.18. The average molecular weight is 325 g/mol. The molecule has 0 aliphatic carbocycles. The standard InChI is InChI=1S/C14H13ClN2O3S/c1-9-3-2-4-13(14(9)16)21(20)8-10-5-6-11(15)7-12(10)17(18)19/h2-7H,8,16H2,1H3. The van der Waals surface area contributed by atoms with Crippen LogP contribution in [0.2, 0.25) is 5.02 Å². The fourth-order valence-corrected chi connectivity index (χ4v) is 3.39. The summed E-state index contributed by atoms with van der Waals surface area (Å²) >= 11 is 5.76. The molecule has 0 aliphatic rings. The lowest BCUT2D eigenvalue weighted by molar-refractivity contribution is -0.385. The summed E-state index contributed by atoms with van der Waals surface area (Å²) in [4.78, 5) is 11.0. The fourth-order valence-electron chi connectivity index (χ4n) is 1.90. The van der Waals surface area contributed by atoms with E-state index in [-0.39, 0.29) is 16.5 Å².